The van der Waals surface area contributed by atoms with Crippen LogP contribution in [0.15, 0.2) is 18.2 Å². The number of nitrogens with zero attached hydrogens (tertiary/aromatic N) is 2. The van der Waals surface area contributed by atoms with E-state index >= 15 is 0 Å². The molecular formula is C18H26BN4O2S2+. The van der Waals surface area contributed by atoms with E-state index in [2.05, 4.69) is 23.6 Å². The van der Waals surface area contributed by atoms with Crippen molar-refractivity contribution in [1.29, 1.82) is 0 Å². The highest BCUT2D eigenvalue weighted by Crippen LogP contribution is 2.38. The number of benzene rings is 1. The Balaban J connectivity index is 1.37. The number of thiazole rings is 1. The molecule has 4 heterocycles. The highest BCUT2D eigenvalue weighted by atomic mass is 32.1. The Hall–Kier alpha value is -1.42. The van der Waals surface area contributed by atoms with Crippen LogP contribution in [-0.4, -0.2) is 66.0 Å². The molecule has 3 aliphatic heterocycles. The van der Waals surface area contributed by atoms with Gasteiger partial charge >= 0.3 is 7.98 Å². The van der Waals surface area contributed by atoms with Crippen LogP contribution in [0.1, 0.15) is 19.8 Å². The monoisotopic (exact) mass is 405 g/mol. The van der Waals surface area contributed by atoms with Crippen molar-refractivity contribution >= 4 is 52.0 Å². The Labute approximate surface area is 169 Å². The molecule has 0 spiro atoms. The lowest BCUT2D eigenvalue weighted by atomic mass is 9.72. The number of aliphatic hydroxyl groups is 1. The summed E-state index contributed by atoms with van der Waals surface area (Å²) in [6, 6.07) is 5.88. The van der Waals surface area contributed by atoms with Gasteiger partial charge in [-0.2, -0.15) is 0 Å². The maximum absolute atomic E-state index is 11.1. The number of nitrogens with one attached hydrogen (secondary N) is 2. The summed E-state index contributed by atoms with van der Waals surface area (Å²) in [7, 11) is 2.24. The molecule has 27 heavy (non-hydrogen) atoms. The zero-order valence-electron chi connectivity index (χ0n) is 15.8. The van der Waals surface area contributed by atoms with Crippen molar-refractivity contribution in [2.24, 2.45) is 5.92 Å². The topological polar surface area (TPSA) is 66.4 Å². The molecule has 144 valence electrons. The molecule has 3 fully saturated rings. The molecule has 0 aliphatic carbocycles. The zero-order chi connectivity index (χ0) is 19.1. The molecule has 5 rings (SSSR count). The van der Waals surface area contributed by atoms with E-state index in [4.69, 9.17) is 17.0 Å². The number of fused-ring (bicyclic) bond motifs is 4. The van der Waals surface area contributed by atoms with Crippen molar-refractivity contribution in [3.63, 3.8) is 0 Å². The maximum atomic E-state index is 11.1. The molecule has 0 amide bonds. The number of rotatable bonds is 5. The van der Waals surface area contributed by atoms with E-state index in [1.54, 1.807) is 11.3 Å². The normalized spacial score (nSPS) is 29.6. The fourth-order valence-corrected chi connectivity index (χ4v) is 5.60. The van der Waals surface area contributed by atoms with Gasteiger partial charge in [0.1, 0.15) is 11.4 Å². The van der Waals surface area contributed by atoms with Gasteiger partial charge in [0.2, 0.25) is 0 Å². The van der Waals surface area contributed by atoms with Gasteiger partial charge in [-0.15, -0.1) is 0 Å². The minimum atomic E-state index is -0.684. The quantitative estimate of drug-likeness (QED) is 0.518. The number of ether oxygens (including phenoxy) is 1. The first-order chi connectivity index (χ1) is 12.9. The Morgan fingerprint density at radius 3 is 2.96 bits per heavy atom. The molecular weight excluding hydrogens is 379 g/mol. The molecule has 3 saturated heterocycles. The number of anilines is 1. The molecule has 0 saturated carbocycles. The molecule has 1 unspecified atom stereocenters. The minimum Gasteiger partial charge on any atom is -0.494 e. The molecule has 2 aromatic rings. The Kier molecular flexibility index (Phi) is 5.05. The fourth-order valence-electron chi connectivity index (χ4n) is 4.47. The first-order valence-electron chi connectivity index (χ1n) is 9.53. The van der Waals surface area contributed by atoms with E-state index < -0.39 is 5.60 Å². The van der Waals surface area contributed by atoms with Crippen LogP contribution in [0.25, 0.3) is 10.2 Å². The summed E-state index contributed by atoms with van der Waals surface area (Å²) in [4.78, 5) is 4.57. The van der Waals surface area contributed by atoms with Crippen molar-refractivity contribution in [3.05, 3.63) is 18.2 Å². The smallest absolute Gasteiger partial charge is 0.372 e. The van der Waals surface area contributed by atoms with Crippen LogP contribution in [0.4, 0.5) is 5.13 Å². The number of aromatic nitrogens is 1. The van der Waals surface area contributed by atoms with Crippen LogP contribution in [0.2, 0.25) is 0 Å². The molecule has 9 heteroatoms. The second kappa shape index (κ2) is 7.20. The van der Waals surface area contributed by atoms with Gasteiger partial charge in [-0.05, 0) is 37.3 Å². The number of piperidine rings is 3. The molecule has 3 N–H and O–H groups in total. The summed E-state index contributed by atoms with van der Waals surface area (Å²) in [5.74, 6) is 1.22. The second-order valence-electron chi connectivity index (χ2n) is 7.99. The number of hydrogen-bond donors (Lipinski definition) is 3. The van der Waals surface area contributed by atoms with Crippen molar-refractivity contribution in [3.8, 4) is 5.75 Å². The lowest BCUT2D eigenvalue weighted by molar-refractivity contribution is -0.846. The fraction of sp³-hybridized carbons (Fsp3) is 0.556. The van der Waals surface area contributed by atoms with E-state index in [1.165, 1.54) is 13.1 Å². The van der Waals surface area contributed by atoms with Crippen LogP contribution in [-0.2, 0) is 0 Å². The van der Waals surface area contributed by atoms with Gasteiger partial charge < -0.3 is 24.9 Å². The molecule has 3 aliphatic rings. The highest BCUT2D eigenvalue weighted by molar-refractivity contribution is 7.80. The van der Waals surface area contributed by atoms with E-state index in [0.717, 1.165) is 44.9 Å². The summed E-state index contributed by atoms with van der Waals surface area (Å²) in [5.41, 5.74) is 0.235. The Bertz CT molecular complexity index is 853. The van der Waals surface area contributed by atoms with E-state index in [0.29, 0.717) is 24.2 Å². The van der Waals surface area contributed by atoms with E-state index in [9.17, 15) is 5.11 Å². The predicted octanol–water partition coefficient (Wildman–Crippen LogP) is 1.50. The van der Waals surface area contributed by atoms with Gasteiger partial charge in [-0.25, -0.2) is 4.98 Å². The molecule has 2 bridgehead atoms. The SMILES string of the molecule is B[N+]12CCC(CC1)C(O)(CNC(=S)Nc1nc3ccc(OCC)cc3s1)C2. The summed E-state index contributed by atoms with van der Waals surface area (Å²) in [6.45, 7) is 6.24. The average molecular weight is 405 g/mol. The van der Waals surface area contributed by atoms with Crippen molar-refractivity contribution in [2.45, 2.75) is 25.4 Å². The van der Waals surface area contributed by atoms with Gasteiger partial charge in [0, 0.05) is 18.8 Å². The van der Waals surface area contributed by atoms with Crippen LogP contribution in [0, 0.1) is 5.92 Å². The van der Waals surface area contributed by atoms with Crippen LogP contribution >= 0.6 is 23.6 Å². The minimum absolute atomic E-state index is 0.368. The summed E-state index contributed by atoms with van der Waals surface area (Å²) >= 11 is 6.99. The lowest BCUT2D eigenvalue weighted by Gasteiger charge is -2.56. The average Bonchev–Trinajstić information content (AvgIpc) is 3.02. The van der Waals surface area contributed by atoms with Crippen molar-refractivity contribution in [2.75, 3.05) is 38.1 Å². The third kappa shape index (κ3) is 3.92. The maximum Gasteiger partial charge on any atom is 0.372 e. The van der Waals surface area contributed by atoms with Gasteiger partial charge in [0.15, 0.2) is 10.2 Å². The number of thiocarbonyl (C=S) groups is 1. The molecule has 1 aromatic heterocycles. The molecule has 1 atom stereocenters. The van der Waals surface area contributed by atoms with Crippen molar-refractivity contribution in [1.82, 2.24) is 10.3 Å². The van der Waals surface area contributed by atoms with Crippen LogP contribution in [0.3, 0.4) is 0 Å². The standard InChI is InChI=1S/C18H25BN4O2S2/c1-2-25-13-3-4-14-15(9-13)27-17(21-14)22-16(26)20-10-18(24)11-23(19)7-5-12(18)6-8-23/h3-4,9,12,24H,2,5-8,10-11,19H2,1H3,(H-,20,21,22,26)/p+1. The summed E-state index contributed by atoms with van der Waals surface area (Å²) < 4.78 is 7.57. The first kappa shape index (κ1) is 18.9. The summed E-state index contributed by atoms with van der Waals surface area (Å²) in [6.07, 6.45) is 2.18. The Morgan fingerprint density at radius 1 is 1.48 bits per heavy atom. The highest BCUT2D eigenvalue weighted by Gasteiger charge is 2.51. The first-order valence-corrected chi connectivity index (χ1v) is 10.8. The van der Waals surface area contributed by atoms with Gasteiger partial charge in [0.25, 0.3) is 0 Å². The van der Waals surface area contributed by atoms with E-state index in [-0.39, 0.29) is 0 Å². The van der Waals surface area contributed by atoms with Gasteiger partial charge in [0.05, 0.1) is 43.0 Å². The van der Waals surface area contributed by atoms with Gasteiger partial charge in [-0.3, -0.25) is 0 Å². The lowest BCUT2D eigenvalue weighted by Crippen LogP contribution is -2.70. The zero-order valence-corrected chi connectivity index (χ0v) is 17.5. The third-order valence-corrected chi connectivity index (χ3v) is 7.08. The van der Waals surface area contributed by atoms with Crippen LogP contribution < -0.4 is 15.4 Å². The summed E-state index contributed by atoms with van der Waals surface area (Å²) in [5, 5.41) is 18.8. The second-order valence-corrected chi connectivity index (χ2v) is 9.43. The third-order valence-electron chi connectivity index (χ3n) is 5.90. The van der Waals surface area contributed by atoms with Crippen LogP contribution in [0.5, 0.6) is 5.75 Å². The van der Waals surface area contributed by atoms with Gasteiger partial charge in [-0.1, -0.05) is 11.3 Å². The van der Waals surface area contributed by atoms with Crippen molar-refractivity contribution < 1.29 is 14.2 Å². The largest absolute Gasteiger partial charge is 0.494 e. The Morgan fingerprint density at radius 2 is 2.26 bits per heavy atom. The number of quaternary nitrogens is 1. The molecule has 0 radical (unpaired) electrons. The predicted molar refractivity (Wildman–Crippen MR) is 116 cm³/mol. The molecule has 6 nitrogen and oxygen atoms in total. The molecule has 1 aromatic carbocycles. The number of hydrogen-bond acceptors (Lipinski definition) is 5. The van der Waals surface area contributed by atoms with E-state index in [1.807, 2.05) is 25.1 Å².